The standard InChI is InChI=1S/C14H22N2OS/c1-10-3-4-11(2)12(7-10)8-13(16-15)14-9-18-6-5-17-14/h3-4,7,13-14,16H,5-6,8-9,15H2,1-2H3. The zero-order valence-electron chi connectivity index (χ0n) is 11.1. The molecule has 1 saturated heterocycles. The summed E-state index contributed by atoms with van der Waals surface area (Å²) >= 11 is 1.94. The van der Waals surface area contributed by atoms with Crippen molar-refractivity contribution in [3.8, 4) is 0 Å². The molecule has 0 spiro atoms. The van der Waals surface area contributed by atoms with Crippen LogP contribution in [-0.4, -0.2) is 30.3 Å². The molecule has 2 atom stereocenters. The Bertz CT molecular complexity index is 391. The van der Waals surface area contributed by atoms with E-state index < -0.39 is 0 Å². The van der Waals surface area contributed by atoms with Crippen molar-refractivity contribution in [1.82, 2.24) is 5.43 Å². The summed E-state index contributed by atoms with van der Waals surface area (Å²) in [6, 6.07) is 6.76. The third-order valence-corrected chi connectivity index (χ3v) is 4.47. The molecule has 0 radical (unpaired) electrons. The maximum atomic E-state index is 5.81. The Morgan fingerprint density at radius 3 is 3.00 bits per heavy atom. The van der Waals surface area contributed by atoms with Gasteiger partial charge in [0.25, 0.3) is 0 Å². The number of ether oxygens (including phenoxy) is 1. The number of hydrogen-bond acceptors (Lipinski definition) is 4. The maximum Gasteiger partial charge on any atom is 0.0835 e. The molecule has 0 bridgehead atoms. The van der Waals surface area contributed by atoms with Crippen molar-refractivity contribution in [1.29, 1.82) is 0 Å². The first-order valence-electron chi connectivity index (χ1n) is 6.42. The molecule has 2 rings (SSSR count). The minimum atomic E-state index is 0.193. The Hall–Kier alpha value is -0.550. The third-order valence-electron chi connectivity index (χ3n) is 3.45. The van der Waals surface area contributed by atoms with Crippen molar-refractivity contribution in [3.05, 3.63) is 34.9 Å². The first kappa shape index (κ1) is 13.9. The highest BCUT2D eigenvalue weighted by Crippen LogP contribution is 2.19. The van der Waals surface area contributed by atoms with Gasteiger partial charge in [-0.2, -0.15) is 11.8 Å². The van der Waals surface area contributed by atoms with Gasteiger partial charge in [0.15, 0.2) is 0 Å². The predicted octanol–water partition coefficient (Wildman–Crippen LogP) is 1.81. The van der Waals surface area contributed by atoms with Crippen LogP contribution in [0.3, 0.4) is 0 Å². The normalized spacial score (nSPS) is 21.8. The van der Waals surface area contributed by atoms with Gasteiger partial charge in [-0.25, -0.2) is 0 Å². The van der Waals surface area contributed by atoms with E-state index in [0.29, 0.717) is 0 Å². The minimum absolute atomic E-state index is 0.193. The number of benzene rings is 1. The maximum absolute atomic E-state index is 5.81. The van der Waals surface area contributed by atoms with Gasteiger partial charge in [0.05, 0.1) is 18.8 Å². The summed E-state index contributed by atoms with van der Waals surface area (Å²) in [5.41, 5.74) is 6.91. The van der Waals surface area contributed by atoms with Crippen LogP contribution in [-0.2, 0) is 11.2 Å². The topological polar surface area (TPSA) is 47.3 Å². The first-order chi connectivity index (χ1) is 8.70. The number of aryl methyl sites for hydroxylation is 2. The molecular formula is C14H22N2OS. The molecule has 0 aliphatic carbocycles. The first-order valence-corrected chi connectivity index (χ1v) is 7.58. The fraction of sp³-hybridized carbons (Fsp3) is 0.571. The molecule has 1 aromatic rings. The van der Waals surface area contributed by atoms with Gasteiger partial charge in [-0.1, -0.05) is 23.8 Å². The van der Waals surface area contributed by atoms with Crippen molar-refractivity contribution < 1.29 is 4.74 Å². The van der Waals surface area contributed by atoms with Crippen LogP contribution in [0.15, 0.2) is 18.2 Å². The molecule has 1 aromatic carbocycles. The lowest BCUT2D eigenvalue weighted by Gasteiger charge is -2.30. The van der Waals surface area contributed by atoms with Gasteiger partial charge in [-0.05, 0) is 31.4 Å². The zero-order valence-corrected chi connectivity index (χ0v) is 11.9. The van der Waals surface area contributed by atoms with E-state index in [-0.39, 0.29) is 12.1 Å². The van der Waals surface area contributed by atoms with Crippen LogP contribution < -0.4 is 11.3 Å². The second-order valence-corrected chi connectivity index (χ2v) is 6.04. The molecule has 0 aromatic heterocycles. The highest BCUT2D eigenvalue weighted by molar-refractivity contribution is 7.99. The van der Waals surface area contributed by atoms with Crippen molar-refractivity contribution in [2.75, 3.05) is 18.1 Å². The Kier molecular flexibility index (Phi) is 5.06. The Balaban J connectivity index is 2.06. The van der Waals surface area contributed by atoms with Gasteiger partial charge in [0.1, 0.15) is 0 Å². The highest BCUT2D eigenvalue weighted by Gasteiger charge is 2.24. The molecule has 1 fully saturated rings. The van der Waals surface area contributed by atoms with E-state index in [9.17, 15) is 0 Å². The van der Waals surface area contributed by atoms with Gasteiger partial charge < -0.3 is 4.74 Å². The monoisotopic (exact) mass is 266 g/mol. The van der Waals surface area contributed by atoms with Crippen LogP contribution in [0, 0.1) is 13.8 Å². The second-order valence-electron chi connectivity index (χ2n) is 4.89. The number of rotatable bonds is 4. The van der Waals surface area contributed by atoms with Gasteiger partial charge in [0, 0.05) is 11.5 Å². The Morgan fingerprint density at radius 2 is 2.33 bits per heavy atom. The number of hydrazine groups is 1. The SMILES string of the molecule is Cc1ccc(C)c(CC(NN)C2CSCCO2)c1. The zero-order chi connectivity index (χ0) is 13.0. The summed E-state index contributed by atoms with van der Waals surface area (Å²) in [4.78, 5) is 0. The molecule has 0 saturated carbocycles. The Morgan fingerprint density at radius 1 is 1.50 bits per heavy atom. The highest BCUT2D eigenvalue weighted by atomic mass is 32.2. The molecule has 100 valence electrons. The van der Waals surface area contributed by atoms with Crippen molar-refractivity contribution in [2.24, 2.45) is 5.84 Å². The van der Waals surface area contributed by atoms with Gasteiger partial charge in [-0.3, -0.25) is 11.3 Å². The van der Waals surface area contributed by atoms with Crippen molar-refractivity contribution in [2.45, 2.75) is 32.4 Å². The molecule has 0 amide bonds. The summed E-state index contributed by atoms with van der Waals surface area (Å²) < 4.78 is 5.81. The fourth-order valence-electron chi connectivity index (χ4n) is 2.29. The second kappa shape index (κ2) is 6.57. The van der Waals surface area contributed by atoms with E-state index in [4.69, 9.17) is 10.6 Å². The molecule has 1 aliphatic rings. The number of nitrogens with two attached hydrogens (primary N) is 1. The van der Waals surface area contributed by atoms with Crippen LogP contribution in [0.25, 0.3) is 0 Å². The summed E-state index contributed by atoms with van der Waals surface area (Å²) in [6.07, 6.45) is 1.14. The van der Waals surface area contributed by atoms with Gasteiger partial charge in [0.2, 0.25) is 0 Å². The van der Waals surface area contributed by atoms with Crippen LogP contribution in [0.2, 0.25) is 0 Å². The lowest BCUT2D eigenvalue weighted by molar-refractivity contribution is 0.0471. The van der Waals surface area contributed by atoms with Gasteiger partial charge >= 0.3 is 0 Å². The lowest BCUT2D eigenvalue weighted by atomic mass is 9.97. The summed E-state index contributed by atoms with van der Waals surface area (Å²) in [7, 11) is 0. The molecule has 2 unspecified atom stereocenters. The number of nitrogens with one attached hydrogen (secondary N) is 1. The summed E-state index contributed by atoms with van der Waals surface area (Å²) in [5.74, 6) is 7.82. The van der Waals surface area contributed by atoms with E-state index in [1.807, 2.05) is 11.8 Å². The predicted molar refractivity (Wildman–Crippen MR) is 77.8 cm³/mol. The van der Waals surface area contributed by atoms with E-state index in [2.05, 4.69) is 37.5 Å². The smallest absolute Gasteiger partial charge is 0.0835 e. The fourth-order valence-corrected chi connectivity index (χ4v) is 3.23. The molecular weight excluding hydrogens is 244 g/mol. The van der Waals surface area contributed by atoms with Crippen LogP contribution in [0.5, 0.6) is 0 Å². The molecule has 18 heavy (non-hydrogen) atoms. The quantitative estimate of drug-likeness (QED) is 0.644. The van der Waals surface area contributed by atoms with Crippen LogP contribution in [0.1, 0.15) is 16.7 Å². The minimum Gasteiger partial charge on any atom is -0.375 e. The van der Waals surface area contributed by atoms with Crippen LogP contribution in [0.4, 0.5) is 0 Å². The summed E-state index contributed by atoms with van der Waals surface area (Å²) in [6.45, 7) is 5.11. The van der Waals surface area contributed by atoms with Gasteiger partial charge in [-0.15, -0.1) is 0 Å². The van der Waals surface area contributed by atoms with Crippen molar-refractivity contribution >= 4 is 11.8 Å². The third kappa shape index (κ3) is 3.48. The molecule has 3 N–H and O–H groups in total. The van der Waals surface area contributed by atoms with E-state index in [0.717, 1.165) is 24.5 Å². The molecule has 4 heteroatoms. The van der Waals surface area contributed by atoms with Crippen LogP contribution >= 0.6 is 11.8 Å². The average molecular weight is 266 g/mol. The number of thioether (sulfide) groups is 1. The van der Waals surface area contributed by atoms with E-state index >= 15 is 0 Å². The van der Waals surface area contributed by atoms with Crippen molar-refractivity contribution in [3.63, 3.8) is 0 Å². The van der Waals surface area contributed by atoms with E-state index in [1.54, 1.807) is 0 Å². The molecule has 1 heterocycles. The summed E-state index contributed by atoms with van der Waals surface area (Å²) in [5, 5.41) is 0. The average Bonchev–Trinajstić information content (AvgIpc) is 2.41. The number of hydrogen-bond donors (Lipinski definition) is 2. The largest absolute Gasteiger partial charge is 0.375 e. The Labute approximate surface area is 113 Å². The molecule has 3 nitrogen and oxygen atoms in total. The lowest BCUT2D eigenvalue weighted by Crippen LogP contribution is -2.49. The van der Waals surface area contributed by atoms with E-state index in [1.165, 1.54) is 16.7 Å². The molecule has 1 aliphatic heterocycles.